The van der Waals surface area contributed by atoms with Crippen LogP contribution >= 0.6 is 0 Å². The number of aromatic nitrogens is 3. The Labute approximate surface area is 198 Å². The topological polar surface area (TPSA) is 105 Å². The number of carbonyl (C=O) groups excluding carboxylic acids is 1. The summed E-state index contributed by atoms with van der Waals surface area (Å²) in [4.78, 5) is 24.1. The highest BCUT2D eigenvalue weighted by atomic mass is 32.2. The van der Waals surface area contributed by atoms with Gasteiger partial charge >= 0.3 is 6.18 Å². The summed E-state index contributed by atoms with van der Waals surface area (Å²) in [6.07, 6.45) is -2.01. The second-order valence-corrected chi connectivity index (χ2v) is 9.77. The molecule has 0 aliphatic carbocycles. The van der Waals surface area contributed by atoms with E-state index in [0.717, 1.165) is 40.8 Å². The first-order valence-corrected chi connectivity index (χ1v) is 11.8. The second-order valence-electron chi connectivity index (χ2n) is 7.93. The molecule has 8 nitrogen and oxygen atoms in total. The van der Waals surface area contributed by atoms with Gasteiger partial charge in [-0.3, -0.25) is 9.78 Å². The van der Waals surface area contributed by atoms with Crippen molar-refractivity contribution in [3.63, 3.8) is 0 Å². The van der Waals surface area contributed by atoms with Crippen LogP contribution in [0.5, 0.6) is 0 Å². The van der Waals surface area contributed by atoms with Crippen LogP contribution in [0, 0.1) is 5.82 Å². The average Bonchev–Trinajstić information content (AvgIpc) is 2.80. The van der Waals surface area contributed by atoms with E-state index in [1.807, 2.05) is 0 Å². The number of pyridine rings is 1. The van der Waals surface area contributed by atoms with Gasteiger partial charge in [-0.25, -0.2) is 22.8 Å². The lowest BCUT2D eigenvalue weighted by molar-refractivity contribution is -0.141. The minimum Gasteiger partial charge on any atom is -0.349 e. The Kier molecular flexibility index (Phi) is 6.56. The summed E-state index contributed by atoms with van der Waals surface area (Å²) in [5, 5.41) is 2.63. The third-order valence-electron chi connectivity index (χ3n) is 5.51. The molecule has 1 saturated heterocycles. The van der Waals surface area contributed by atoms with E-state index in [9.17, 15) is 30.8 Å². The Morgan fingerprint density at radius 1 is 1.11 bits per heavy atom. The monoisotopic (exact) mass is 509 g/mol. The number of halogens is 4. The van der Waals surface area contributed by atoms with Gasteiger partial charge in [0.1, 0.15) is 23.9 Å². The molecule has 0 unspecified atom stereocenters. The van der Waals surface area contributed by atoms with Crippen molar-refractivity contribution in [2.45, 2.75) is 43.0 Å². The van der Waals surface area contributed by atoms with Crippen LogP contribution in [0.25, 0.3) is 11.3 Å². The molecule has 1 N–H and O–H groups in total. The van der Waals surface area contributed by atoms with E-state index < -0.39 is 45.7 Å². The molecule has 1 aromatic carbocycles. The number of amides is 1. The van der Waals surface area contributed by atoms with E-state index in [2.05, 4.69) is 20.3 Å². The molecule has 0 bridgehead atoms. The molecule has 0 spiro atoms. The van der Waals surface area contributed by atoms with Crippen molar-refractivity contribution in [3.05, 3.63) is 72.2 Å². The lowest BCUT2D eigenvalue weighted by atomic mass is 9.98. The summed E-state index contributed by atoms with van der Waals surface area (Å²) in [5.41, 5.74) is -0.0261. The normalized spacial score (nSPS) is 18.7. The minimum atomic E-state index is -4.56. The maximum absolute atomic E-state index is 13.2. The first-order chi connectivity index (χ1) is 16.5. The van der Waals surface area contributed by atoms with Crippen LogP contribution in [0.1, 0.15) is 24.7 Å². The Morgan fingerprint density at radius 2 is 1.83 bits per heavy atom. The zero-order valence-corrected chi connectivity index (χ0v) is 19.0. The maximum atomic E-state index is 13.2. The predicted molar refractivity (Wildman–Crippen MR) is 115 cm³/mol. The van der Waals surface area contributed by atoms with Gasteiger partial charge in [-0.15, -0.1) is 0 Å². The second kappa shape index (κ2) is 9.30. The summed E-state index contributed by atoms with van der Waals surface area (Å²) >= 11 is 0. The molecule has 3 heterocycles. The van der Waals surface area contributed by atoms with Gasteiger partial charge in [-0.2, -0.15) is 17.5 Å². The Bertz CT molecular complexity index is 1330. The lowest BCUT2D eigenvalue weighted by Gasteiger charge is -2.44. The van der Waals surface area contributed by atoms with Gasteiger partial charge in [0, 0.05) is 17.8 Å². The van der Waals surface area contributed by atoms with Crippen molar-refractivity contribution in [3.8, 4) is 11.3 Å². The highest BCUT2D eigenvalue weighted by Crippen LogP contribution is 2.33. The Balaban J connectivity index is 1.44. The van der Waals surface area contributed by atoms with Crippen LogP contribution in [0.15, 0.2) is 59.9 Å². The van der Waals surface area contributed by atoms with Gasteiger partial charge in [0.05, 0.1) is 22.8 Å². The van der Waals surface area contributed by atoms with E-state index in [0.29, 0.717) is 23.4 Å². The number of sulfonamides is 1. The van der Waals surface area contributed by atoms with Gasteiger partial charge in [0.2, 0.25) is 15.9 Å². The average molecular weight is 509 g/mol. The molecule has 0 saturated carbocycles. The Morgan fingerprint density at radius 3 is 2.43 bits per heavy atom. The summed E-state index contributed by atoms with van der Waals surface area (Å²) in [5.74, 6) is -1.11. The molecular formula is C22H19F4N5O3S. The van der Waals surface area contributed by atoms with Crippen LogP contribution in [0.3, 0.4) is 0 Å². The zero-order chi connectivity index (χ0) is 25.4. The molecule has 184 valence electrons. The minimum absolute atomic E-state index is 0.0578. The molecular weight excluding hydrogens is 490 g/mol. The standard InChI is InChI=1S/C22H19F4N5O3S/c1-13-8-19(31(13)35(33,34)17-5-3-15(23)4-6-17)21(32)28-11-16-9-18(30-12-29-16)14-2-7-20(27-10-14)22(24,25)26/h2-7,9-10,12-13,19H,8,11H2,1H3,(H,28,32)/t13-,19+/m1/s1. The molecule has 35 heavy (non-hydrogen) atoms. The van der Waals surface area contributed by atoms with Crippen LogP contribution in [-0.2, 0) is 27.5 Å². The SMILES string of the molecule is C[C@@H]1C[C@@H](C(=O)NCc2cc(-c3ccc(C(F)(F)F)nc3)ncn2)N1S(=O)(=O)c1ccc(F)cc1. The number of alkyl halides is 3. The third kappa shape index (κ3) is 5.15. The number of nitrogens with zero attached hydrogens (tertiary/aromatic N) is 4. The van der Waals surface area contributed by atoms with E-state index >= 15 is 0 Å². The van der Waals surface area contributed by atoms with E-state index in [1.54, 1.807) is 6.92 Å². The largest absolute Gasteiger partial charge is 0.433 e. The molecule has 4 rings (SSSR count). The van der Waals surface area contributed by atoms with Gasteiger partial charge < -0.3 is 5.32 Å². The van der Waals surface area contributed by atoms with Crippen molar-refractivity contribution < 1.29 is 30.8 Å². The van der Waals surface area contributed by atoms with Gasteiger partial charge in [-0.1, -0.05) is 0 Å². The van der Waals surface area contributed by atoms with Crippen molar-refractivity contribution in [2.24, 2.45) is 0 Å². The number of nitrogens with one attached hydrogen (secondary N) is 1. The number of hydrogen-bond donors (Lipinski definition) is 1. The fourth-order valence-corrected chi connectivity index (χ4v) is 5.52. The quantitative estimate of drug-likeness (QED) is 0.512. The zero-order valence-electron chi connectivity index (χ0n) is 18.2. The summed E-state index contributed by atoms with van der Waals surface area (Å²) in [7, 11) is -4.01. The van der Waals surface area contributed by atoms with Crippen LogP contribution < -0.4 is 5.32 Å². The number of rotatable bonds is 6. The van der Waals surface area contributed by atoms with E-state index in [-0.39, 0.29) is 11.4 Å². The molecule has 0 radical (unpaired) electrons. The van der Waals surface area contributed by atoms with Gasteiger partial charge in [0.25, 0.3) is 0 Å². The summed E-state index contributed by atoms with van der Waals surface area (Å²) in [6, 6.07) is 6.55. The van der Waals surface area contributed by atoms with Gasteiger partial charge in [-0.05, 0) is 55.8 Å². The van der Waals surface area contributed by atoms with Crippen molar-refractivity contribution in [1.29, 1.82) is 0 Å². The lowest BCUT2D eigenvalue weighted by Crippen LogP contribution is -2.62. The molecule has 1 aliphatic heterocycles. The third-order valence-corrected chi connectivity index (χ3v) is 7.55. The molecule has 2 aromatic heterocycles. The first kappa shape index (κ1) is 24.7. The molecule has 13 heteroatoms. The number of hydrogen-bond acceptors (Lipinski definition) is 6. The molecule has 3 aromatic rings. The highest BCUT2D eigenvalue weighted by molar-refractivity contribution is 7.89. The van der Waals surface area contributed by atoms with Crippen LogP contribution in [-0.4, -0.2) is 45.7 Å². The number of benzene rings is 1. The summed E-state index contributed by atoms with van der Waals surface area (Å²) in [6.45, 7) is 1.61. The molecule has 1 aliphatic rings. The summed E-state index contributed by atoms with van der Waals surface area (Å²) < 4.78 is 78.3. The van der Waals surface area contributed by atoms with Crippen molar-refractivity contribution >= 4 is 15.9 Å². The molecule has 1 amide bonds. The van der Waals surface area contributed by atoms with Crippen LogP contribution in [0.4, 0.5) is 17.6 Å². The van der Waals surface area contributed by atoms with Crippen molar-refractivity contribution in [2.75, 3.05) is 0 Å². The fourth-order valence-electron chi connectivity index (χ4n) is 3.72. The van der Waals surface area contributed by atoms with Gasteiger partial charge in [0.15, 0.2) is 0 Å². The van der Waals surface area contributed by atoms with E-state index in [4.69, 9.17) is 0 Å². The maximum Gasteiger partial charge on any atom is 0.433 e. The van der Waals surface area contributed by atoms with E-state index in [1.165, 1.54) is 18.5 Å². The predicted octanol–water partition coefficient (Wildman–Crippen LogP) is 3.16. The fraction of sp³-hybridized carbons (Fsp3) is 0.273. The molecule has 1 fully saturated rings. The highest BCUT2D eigenvalue weighted by Gasteiger charge is 2.48. The first-order valence-electron chi connectivity index (χ1n) is 10.4. The van der Waals surface area contributed by atoms with Crippen LogP contribution in [0.2, 0.25) is 0 Å². The Hall–Kier alpha value is -3.45. The smallest absolute Gasteiger partial charge is 0.349 e. The number of carbonyl (C=O) groups is 1. The molecule has 2 atom stereocenters. The van der Waals surface area contributed by atoms with Crippen molar-refractivity contribution in [1.82, 2.24) is 24.6 Å².